The Hall–Kier alpha value is -2.09. The molecule has 16 heavy (non-hydrogen) atoms. The van der Waals surface area contributed by atoms with Gasteiger partial charge in [0.25, 0.3) is 0 Å². The van der Waals surface area contributed by atoms with E-state index in [2.05, 4.69) is 21.7 Å². The summed E-state index contributed by atoms with van der Waals surface area (Å²) < 4.78 is 2.12. The summed E-state index contributed by atoms with van der Waals surface area (Å²) in [5.41, 5.74) is 3.32. The molecule has 0 spiro atoms. The lowest BCUT2D eigenvalue weighted by atomic mass is 10.2. The number of nitrogens with zero attached hydrogens (tertiary/aromatic N) is 2. The smallest absolute Gasteiger partial charge is 0.140 e. The van der Waals surface area contributed by atoms with Gasteiger partial charge in [-0.2, -0.15) is 0 Å². The minimum atomic E-state index is 0.996. The van der Waals surface area contributed by atoms with Crippen molar-refractivity contribution in [2.75, 3.05) is 0 Å². The number of hydrogen-bond donors (Lipinski definition) is 0. The molecule has 1 heterocycles. The molecule has 2 aromatic carbocycles. The van der Waals surface area contributed by atoms with Gasteiger partial charge in [0, 0.05) is 12.6 Å². The Labute approximate surface area is 94.2 Å². The predicted octanol–water partition coefficient (Wildman–Crippen LogP) is 3.04. The van der Waals surface area contributed by atoms with Crippen molar-refractivity contribution in [2.24, 2.45) is 7.05 Å². The quantitative estimate of drug-likeness (QED) is 0.599. The maximum atomic E-state index is 4.63. The van der Waals surface area contributed by atoms with E-state index in [-0.39, 0.29) is 0 Å². The maximum Gasteiger partial charge on any atom is 0.140 e. The zero-order valence-electron chi connectivity index (χ0n) is 9.01. The topological polar surface area (TPSA) is 17.8 Å². The SMILES string of the molecule is Cn1c(-c2cc[c]cc2)nc2ccccc21. The van der Waals surface area contributed by atoms with Crippen LogP contribution in [0.5, 0.6) is 0 Å². The predicted molar refractivity (Wildman–Crippen MR) is 65.0 cm³/mol. The van der Waals surface area contributed by atoms with E-state index < -0.39 is 0 Å². The number of imidazole rings is 1. The third kappa shape index (κ3) is 1.31. The number of para-hydroxylation sites is 2. The Morgan fingerprint density at radius 1 is 1.06 bits per heavy atom. The molecule has 0 aliphatic rings. The Kier molecular flexibility index (Phi) is 2.00. The van der Waals surface area contributed by atoms with Crippen molar-refractivity contribution in [3.05, 3.63) is 54.6 Å². The second-order valence-electron chi connectivity index (χ2n) is 3.77. The number of benzene rings is 2. The minimum Gasteiger partial charge on any atom is -0.327 e. The highest BCUT2D eigenvalue weighted by Crippen LogP contribution is 2.22. The first-order chi connectivity index (χ1) is 7.86. The van der Waals surface area contributed by atoms with Crippen molar-refractivity contribution in [3.63, 3.8) is 0 Å². The fourth-order valence-corrected chi connectivity index (χ4v) is 1.94. The van der Waals surface area contributed by atoms with Crippen LogP contribution < -0.4 is 0 Å². The second-order valence-corrected chi connectivity index (χ2v) is 3.77. The summed E-state index contributed by atoms with van der Waals surface area (Å²) in [5, 5.41) is 0. The second kappa shape index (κ2) is 3.49. The molecular formula is C14H11N2. The van der Waals surface area contributed by atoms with Crippen molar-refractivity contribution >= 4 is 11.0 Å². The van der Waals surface area contributed by atoms with E-state index in [9.17, 15) is 0 Å². The van der Waals surface area contributed by atoms with Crippen molar-refractivity contribution in [1.82, 2.24) is 9.55 Å². The van der Waals surface area contributed by atoms with Gasteiger partial charge < -0.3 is 4.57 Å². The van der Waals surface area contributed by atoms with Crippen molar-refractivity contribution in [1.29, 1.82) is 0 Å². The summed E-state index contributed by atoms with van der Waals surface area (Å²) in [6.45, 7) is 0. The van der Waals surface area contributed by atoms with E-state index in [1.807, 2.05) is 49.5 Å². The van der Waals surface area contributed by atoms with E-state index in [0.29, 0.717) is 0 Å². The maximum absolute atomic E-state index is 4.63. The van der Waals surface area contributed by atoms with Gasteiger partial charge in [0.1, 0.15) is 5.82 Å². The summed E-state index contributed by atoms with van der Waals surface area (Å²) in [4.78, 5) is 4.63. The van der Waals surface area contributed by atoms with E-state index >= 15 is 0 Å². The van der Waals surface area contributed by atoms with Crippen LogP contribution in [0.1, 0.15) is 0 Å². The van der Waals surface area contributed by atoms with Gasteiger partial charge in [-0.3, -0.25) is 0 Å². The molecule has 0 aliphatic heterocycles. The summed E-state index contributed by atoms with van der Waals surface area (Å²) in [7, 11) is 2.04. The van der Waals surface area contributed by atoms with E-state index in [0.717, 1.165) is 22.4 Å². The van der Waals surface area contributed by atoms with Crippen LogP contribution in [0.4, 0.5) is 0 Å². The summed E-state index contributed by atoms with van der Waals surface area (Å²) in [6.07, 6.45) is 0. The Morgan fingerprint density at radius 2 is 1.81 bits per heavy atom. The molecule has 1 aromatic heterocycles. The molecule has 0 aliphatic carbocycles. The number of fused-ring (bicyclic) bond motifs is 1. The normalized spacial score (nSPS) is 10.8. The minimum absolute atomic E-state index is 0.996. The molecule has 1 radical (unpaired) electrons. The van der Waals surface area contributed by atoms with Crippen LogP contribution in [0.15, 0.2) is 48.5 Å². The number of rotatable bonds is 1. The Morgan fingerprint density at radius 3 is 2.56 bits per heavy atom. The molecule has 2 heteroatoms. The van der Waals surface area contributed by atoms with Crippen molar-refractivity contribution in [3.8, 4) is 11.4 Å². The zero-order valence-corrected chi connectivity index (χ0v) is 9.01. The highest BCUT2D eigenvalue weighted by molar-refractivity contribution is 5.80. The van der Waals surface area contributed by atoms with Crippen LogP contribution in [0.3, 0.4) is 0 Å². The molecule has 0 bridgehead atoms. The fraction of sp³-hybridized carbons (Fsp3) is 0.0714. The lowest BCUT2D eigenvalue weighted by Crippen LogP contribution is -1.91. The third-order valence-electron chi connectivity index (χ3n) is 2.76. The first-order valence-electron chi connectivity index (χ1n) is 5.24. The average Bonchev–Trinajstić information content (AvgIpc) is 2.69. The molecule has 0 fully saturated rings. The first kappa shape index (κ1) is 9.16. The van der Waals surface area contributed by atoms with Gasteiger partial charge in [-0.15, -0.1) is 0 Å². The molecule has 0 saturated heterocycles. The van der Waals surface area contributed by atoms with Crippen LogP contribution in [-0.4, -0.2) is 9.55 Å². The standard InChI is InChI=1S/C14H11N2/c1-16-13-10-6-5-9-12(13)15-14(16)11-7-3-2-4-8-11/h3-10H,1H3. The monoisotopic (exact) mass is 207 g/mol. The van der Waals surface area contributed by atoms with Gasteiger partial charge in [-0.25, -0.2) is 4.98 Å². The van der Waals surface area contributed by atoms with Crippen LogP contribution in [-0.2, 0) is 7.05 Å². The molecule has 0 atom stereocenters. The molecule has 0 unspecified atom stereocenters. The largest absolute Gasteiger partial charge is 0.327 e. The molecule has 3 rings (SSSR count). The third-order valence-corrected chi connectivity index (χ3v) is 2.76. The van der Waals surface area contributed by atoms with Gasteiger partial charge in [0.2, 0.25) is 0 Å². The van der Waals surface area contributed by atoms with Crippen molar-refractivity contribution < 1.29 is 0 Å². The highest BCUT2D eigenvalue weighted by Gasteiger charge is 2.07. The Balaban J connectivity index is 2.29. The molecule has 0 saturated carbocycles. The van der Waals surface area contributed by atoms with Gasteiger partial charge >= 0.3 is 0 Å². The molecule has 0 amide bonds. The Bertz CT molecular complexity index is 624. The fourth-order valence-electron chi connectivity index (χ4n) is 1.94. The molecule has 77 valence electrons. The lowest BCUT2D eigenvalue weighted by Gasteiger charge is -2.01. The molecule has 0 N–H and O–H groups in total. The highest BCUT2D eigenvalue weighted by atomic mass is 15.1. The van der Waals surface area contributed by atoms with Crippen molar-refractivity contribution in [2.45, 2.75) is 0 Å². The molecule has 3 aromatic rings. The van der Waals surface area contributed by atoms with Gasteiger partial charge in [-0.05, 0) is 18.2 Å². The number of aryl methyl sites for hydroxylation is 1. The lowest BCUT2D eigenvalue weighted by molar-refractivity contribution is 0.959. The van der Waals surface area contributed by atoms with Crippen LogP contribution >= 0.6 is 0 Å². The first-order valence-corrected chi connectivity index (χ1v) is 5.24. The summed E-state index contributed by atoms with van der Waals surface area (Å²) in [6, 6.07) is 19.1. The van der Waals surface area contributed by atoms with Gasteiger partial charge in [0.05, 0.1) is 11.0 Å². The van der Waals surface area contributed by atoms with E-state index in [1.165, 1.54) is 0 Å². The zero-order chi connectivity index (χ0) is 11.0. The summed E-state index contributed by atoms with van der Waals surface area (Å²) >= 11 is 0. The molecule has 2 nitrogen and oxygen atoms in total. The molecular weight excluding hydrogens is 196 g/mol. The number of hydrogen-bond acceptors (Lipinski definition) is 1. The average molecular weight is 207 g/mol. The number of aromatic nitrogens is 2. The summed E-state index contributed by atoms with van der Waals surface area (Å²) in [5.74, 6) is 0.996. The van der Waals surface area contributed by atoms with Crippen LogP contribution in [0.2, 0.25) is 0 Å². The van der Waals surface area contributed by atoms with Gasteiger partial charge in [0.15, 0.2) is 0 Å². The van der Waals surface area contributed by atoms with E-state index in [1.54, 1.807) is 0 Å². The van der Waals surface area contributed by atoms with Gasteiger partial charge in [-0.1, -0.05) is 36.4 Å². The van der Waals surface area contributed by atoms with E-state index in [4.69, 9.17) is 0 Å². The van der Waals surface area contributed by atoms with Crippen LogP contribution in [0, 0.1) is 6.07 Å². The van der Waals surface area contributed by atoms with Crippen LogP contribution in [0.25, 0.3) is 22.4 Å².